The molecule has 132 valence electrons. The molecule has 0 fully saturated rings. The highest BCUT2D eigenvalue weighted by molar-refractivity contribution is 6.32. The zero-order chi connectivity index (χ0) is 18.6. The summed E-state index contributed by atoms with van der Waals surface area (Å²) in [7, 11) is 1.49. The Bertz CT molecular complexity index is 810. The van der Waals surface area contributed by atoms with Gasteiger partial charge in [0.05, 0.1) is 17.1 Å². The van der Waals surface area contributed by atoms with Crippen LogP contribution in [0.4, 0.5) is 11.4 Å². The third kappa shape index (κ3) is 4.60. The second kappa shape index (κ2) is 7.85. The Labute approximate surface area is 149 Å². The number of hydrogen-bond acceptors (Lipinski definition) is 5. The van der Waals surface area contributed by atoms with Gasteiger partial charge in [0, 0.05) is 11.8 Å². The van der Waals surface area contributed by atoms with Crippen LogP contribution in [0.5, 0.6) is 11.5 Å². The van der Waals surface area contributed by atoms with E-state index in [0.717, 1.165) is 5.56 Å². The number of ether oxygens (including phenoxy) is 2. The van der Waals surface area contributed by atoms with Gasteiger partial charge in [-0.2, -0.15) is 0 Å². The number of rotatable bonds is 6. The van der Waals surface area contributed by atoms with Gasteiger partial charge in [-0.3, -0.25) is 14.9 Å². The van der Waals surface area contributed by atoms with E-state index < -0.39 is 16.9 Å². The SMILES string of the molecule is COc1ccc(NC(=O)[C@H](C)Oc2ccc(C)cc2[N+](=O)[O-])cc1Cl. The second-order valence-corrected chi connectivity index (χ2v) is 5.73. The number of amides is 1. The van der Waals surface area contributed by atoms with E-state index in [-0.39, 0.29) is 11.4 Å². The van der Waals surface area contributed by atoms with E-state index in [1.165, 1.54) is 26.2 Å². The van der Waals surface area contributed by atoms with Crippen molar-refractivity contribution in [1.29, 1.82) is 0 Å². The smallest absolute Gasteiger partial charge is 0.311 e. The minimum Gasteiger partial charge on any atom is -0.495 e. The van der Waals surface area contributed by atoms with Crippen molar-refractivity contribution in [2.24, 2.45) is 0 Å². The molecule has 0 spiro atoms. The summed E-state index contributed by atoms with van der Waals surface area (Å²) in [4.78, 5) is 22.8. The van der Waals surface area contributed by atoms with E-state index in [1.54, 1.807) is 31.2 Å². The number of nitro groups is 1. The molecule has 0 aliphatic heterocycles. The summed E-state index contributed by atoms with van der Waals surface area (Å²) >= 11 is 6.01. The number of nitro benzene ring substituents is 1. The number of halogens is 1. The molecule has 0 unspecified atom stereocenters. The maximum Gasteiger partial charge on any atom is 0.311 e. The number of aryl methyl sites for hydroxylation is 1. The van der Waals surface area contributed by atoms with Crippen molar-refractivity contribution in [1.82, 2.24) is 0 Å². The lowest BCUT2D eigenvalue weighted by molar-refractivity contribution is -0.386. The van der Waals surface area contributed by atoms with Crippen LogP contribution < -0.4 is 14.8 Å². The fourth-order valence-corrected chi connectivity index (χ4v) is 2.36. The van der Waals surface area contributed by atoms with Crippen molar-refractivity contribution >= 4 is 28.9 Å². The Morgan fingerprint density at radius 2 is 1.92 bits per heavy atom. The minimum absolute atomic E-state index is 0.0333. The summed E-state index contributed by atoms with van der Waals surface area (Å²) in [5.74, 6) is 0.0568. The average molecular weight is 365 g/mol. The summed E-state index contributed by atoms with van der Waals surface area (Å²) in [5.41, 5.74) is 1.00. The molecule has 0 saturated heterocycles. The van der Waals surface area contributed by atoms with E-state index in [9.17, 15) is 14.9 Å². The summed E-state index contributed by atoms with van der Waals surface area (Å²) in [5, 5.41) is 14.1. The molecular weight excluding hydrogens is 348 g/mol. The van der Waals surface area contributed by atoms with E-state index in [2.05, 4.69) is 5.32 Å². The van der Waals surface area contributed by atoms with Gasteiger partial charge in [0.1, 0.15) is 5.75 Å². The first-order valence-corrected chi connectivity index (χ1v) is 7.75. The van der Waals surface area contributed by atoms with Crippen molar-refractivity contribution in [3.63, 3.8) is 0 Å². The highest BCUT2D eigenvalue weighted by Crippen LogP contribution is 2.29. The van der Waals surface area contributed by atoms with Crippen molar-refractivity contribution in [2.45, 2.75) is 20.0 Å². The molecule has 0 radical (unpaired) electrons. The quantitative estimate of drug-likeness (QED) is 0.618. The molecule has 2 aromatic rings. The lowest BCUT2D eigenvalue weighted by Crippen LogP contribution is -2.30. The van der Waals surface area contributed by atoms with Gasteiger partial charge in [0.15, 0.2) is 11.9 Å². The molecule has 1 amide bonds. The van der Waals surface area contributed by atoms with Gasteiger partial charge in [-0.15, -0.1) is 0 Å². The molecule has 0 aromatic heterocycles. The van der Waals surface area contributed by atoms with Crippen LogP contribution >= 0.6 is 11.6 Å². The molecule has 0 heterocycles. The zero-order valence-corrected chi connectivity index (χ0v) is 14.7. The highest BCUT2D eigenvalue weighted by atomic mass is 35.5. The normalized spacial score (nSPS) is 11.5. The van der Waals surface area contributed by atoms with Crippen molar-refractivity contribution in [2.75, 3.05) is 12.4 Å². The van der Waals surface area contributed by atoms with E-state index in [4.69, 9.17) is 21.1 Å². The monoisotopic (exact) mass is 364 g/mol. The number of nitrogens with one attached hydrogen (secondary N) is 1. The lowest BCUT2D eigenvalue weighted by atomic mass is 10.2. The molecule has 7 nitrogen and oxygen atoms in total. The topological polar surface area (TPSA) is 90.7 Å². The fraction of sp³-hybridized carbons (Fsp3) is 0.235. The molecule has 1 N–H and O–H groups in total. The van der Waals surface area contributed by atoms with Crippen LogP contribution in [-0.2, 0) is 4.79 Å². The molecule has 2 rings (SSSR count). The number of carbonyl (C=O) groups is 1. The van der Waals surface area contributed by atoms with Crippen LogP contribution in [0.25, 0.3) is 0 Å². The first-order valence-electron chi connectivity index (χ1n) is 7.38. The molecule has 0 saturated carbocycles. The van der Waals surface area contributed by atoms with Crippen molar-refractivity contribution in [3.8, 4) is 11.5 Å². The maximum absolute atomic E-state index is 12.3. The molecular formula is C17H17ClN2O5. The predicted octanol–water partition coefficient (Wildman–Crippen LogP) is 3.97. The summed E-state index contributed by atoms with van der Waals surface area (Å²) in [6, 6.07) is 9.33. The molecule has 8 heteroatoms. The number of carbonyl (C=O) groups excluding carboxylic acids is 1. The van der Waals surface area contributed by atoms with E-state index in [0.29, 0.717) is 16.5 Å². The van der Waals surface area contributed by atoms with Crippen LogP contribution in [0.15, 0.2) is 36.4 Å². The van der Waals surface area contributed by atoms with E-state index in [1.807, 2.05) is 0 Å². The molecule has 0 aliphatic rings. The largest absolute Gasteiger partial charge is 0.495 e. The van der Waals surface area contributed by atoms with Crippen LogP contribution in [0, 0.1) is 17.0 Å². The Morgan fingerprint density at radius 1 is 1.24 bits per heavy atom. The zero-order valence-electron chi connectivity index (χ0n) is 13.9. The van der Waals surface area contributed by atoms with Gasteiger partial charge in [0.25, 0.3) is 5.91 Å². The highest BCUT2D eigenvalue weighted by Gasteiger charge is 2.21. The van der Waals surface area contributed by atoms with Gasteiger partial charge in [-0.1, -0.05) is 17.7 Å². The average Bonchev–Trinajstić information content (AvgIpc) is 2.56. The van der Waals surface area contributed by atoms with Gasteiger partial charge in [-0.05, 0) is 43.7 Å². The van der Waals surface area contributed by atoms with Crippen molar-refractivity contribution in [3.05, 3.63) is 57.1 Å². The van der Waals surface area contributed by atoms with Crippen LogP contribution in [-0.4, -0.2) is 24.0 Å². The second-order valence-electron chi connectivity index (χ2n) is 5.33. The predicted molar refractivity (Wildman–Crippen MR) is 94.6 cm³/mol. The van der Waals surface area contributed by atoms with Crippen LogP contribution in [0.2, 0.25) is 5.02 Å². The minimum atomic E-state index is -0.942. The lowest BCUT2D eigenvalue weighted by Gasteiger charge is -2.15. The number of anilines is 1. The number of nitrogens with zero attached hydrogens (tertiary/aromatic N) is 1. The summed E-state index contributed by atoms with van der Waals surface area (Å²) in [6.45, 7) is 3.24. The fourth-order valence-electron chi connectivity index (χ4n) is 2.10. The summed E-state index contributed by atoms with van der Waals surface area (Å²) in [6.07, 6.45) is -0.942. The first kappa shape index (κ1) is 18.5. The van der Waals surface area contributed by atoms with Gasteiger partial charge < -0.3 is 14.8 Å². The Hall–Kier alpha value is -2.80. The standard InChI is InChI=1S/C17H17ClN2O5/c1-10-4-6-16(14(8-10)20(22)23)25-11(2)17(21)19-12-5-7-15(24-3)13(18)9-12/h4-9,11H,1-3H3,(H,19,21)/t11-/m0/s1. The third-order valence-electron chi connectivity index (χ3n) is 3.40. The third-order valence-corrected chi connectivity index (χ3v) is 3.70. The Morgan fingerprint density at radius 3 is 2.52 bits per heavy atom. The number of methoxy groups -OCH3 is 1. The van der Waals surface area contributed by atoms with Gasteiger partial charge >= 0.3 is 5.69 Å². The maximum atomic E-state index is 12.3. The van der Waals surface area contributed by atoms with Crippen LogP contribution in [0.1, 0.15) is 12.5 Å². The molecule has 1 atom stereocenters. The first-order chi connectivity index (χ1) is 11.8. The van der Waals surface area contributed by atoms with Gasteiger partial charge in [-0.25, -0.2) is 0 Å². The summed E-state index contributed by atoms with van der Waals surface area (Å²) < 4.78 is 10.5. The van der Waals surface area contributed by atoms with Crippen LogP contribution in [0.3, 0.4) is 0 Å². The molecule has 25 heavy (non-hydrogen) atoms. The Kier molecular flexibility index (Phi) is 5.82. The number of benzene rings is 2. The van der Waals surface area contributed by atoms with Crippen molar-refractivity contribution < 1.29 is 19.2 Å². The Balaban J connectivity index is 2.11. The van der Waals surface area contributed by atoms with Gasteiger partial charge in [0.2, 0.25) is 0 Å². The number of hydrogen-bond donors (Lipinski definition) is 1. The molecule has 0 aliphatic carbocycles. The van der Waals surface area contributed by atoms with E-state index >= 15 is 0 Å². The molecule has 2 aromatic carbocycles. The molecule has 0 bridgehead atoms.